The number of halogens is 1. The molecule has 1 aromatic carbocycles. The van der Waals surface area contributed by atoms with E-state index in [9.17, 15) is 4.39 Å². The van der Waals surface area contributed by atoms with Crippen molar-refractivity contribution in [1.29, 1.82) is 0 Å². The normalized spacial score (nSPS) is 11.1. The molecule has 0 radical (unpaired) electrons. The number of hydrogen-bond acceptors (Lipinski definition) is 3. The number of aromatic nitrogens is 2. The number of nitrogens with two attached hydrogens (primary N) is 1. The van der Waals surface area contributed by atoms with E-state index < -0.39 is 0 Å². The van der Waals surface area contributed by atoms with Gasteiger partial charge in [0.2, 0.25) is 5.95 Å². The van der Waals surface area contributed by atoms with Crippen molar-refractivity contribution in [3.8, 4) is 0 Å². The van der Waals surface area contributed by atoms with Crippen LogP contribution >= 0.6 is 11.8 Å². The third-order valence-electron chi connectivity index (χ3n) is 2.47. The van der Waals surface area contributed by atoms with Gasteiger partial charge in [0.1, 0.15) is 5.82 Å². The predicted octanol–water partition coefficient (Wildman–Crippen LogP) is 2.51. The van der Waals surface area contributed by atoms with E-state index in [1.165, 1.54) is 12.1 Å². The number of rotatable bonds is 4. The van der Waals surface area contributed by atoms with Crippen LogP contribution in [0, 0.1) is 5.82 Å². The summed E-state index contributed by atoms with van der Waals surface area (Å²) in [4.78, 5) is 4.20. The first-order chi connectivity index (χ1) is 7.72. The van der Waals surface area contributed by atoms with E-state index in [1.54, 1.807) is 17.8 Å². The number of nitrogens with zero attached hydrogens (tertiary/aromatic N) is 2. The average molecular weight is 239 g/mol. The Morgan fingerprint density at radius 2 is 2.31 bits per heavy atom. The Balaban J connectivity index is 2.34. The highest BCUT2D eigenvalue weighted by Gasteiger charge is 2.08. The molecule has 1 heterocycles. The monoisotopic (exact) mass is 239 g/mol. The molecule has 0 atom stereocenters. The second-order valence-electron chi connectivity index (χ2n) is 3.60. The lowest BCUT2D eigenvalue weighted by atomic mass is 10.3. The molecule has 0 unspecified atom stereocenters. The van der Waals surface area contributed by atoms with Gasteiger partial charge in [0.15, 0.2) is 0 Å². The summed E-state index contributed by atoms with van der Waals surface area (Å²) >= 11 is 1.79. The number of fused-ring (bicyclic) bond motifs is 1. The van der Waals surface area contributed by atoms with Crippen molar-refractivity contribution in [3.05, 3.63) is 24.0 Å². The highest BCUT2D eigenvalue weighted by Crippen LogP contribution is 2.19. The van der Waals surface area contributed by atoms with Gasteiger partial charge in [-0.25, -0.2) is 9.37 Å². The summed E-state index contributed by atoms with van der Waals surface area (Å²) in [7, 11) is 0. The fraction of sp³-hybridized carbons (Fsp3) is 0.364. The van der Waals surface area contributed by atoms with E-state index in [1.807, 2.05) is 4.57 Å². The number of anilines is 1. The first kappa shape index (κ1) is 11.3. The Kier molecular flexibility index (Phi) is 3.33. The van der Waals surface area contributed by atoms with E-state index >= 15 is 0 Å². The maximum absolute atomic E-state index is 13.1. The molecule has 0 bridgehead atoms. The summed E-state index contributed by atoms with van der Waals surface area (Å²) in [5.41, 5.74) is 7.34. The number of nitrogen functional groups attached to an aromatic ring is 1. The molecule has 0 fully saturated rings. The van der Waals surface area contributed by atoms with E-state index in [2.05, 4.69) is 11.2 Å². The molecule has 0 aliphatic rings. The molecule has 0 aliphatic carbocycles. The molecule has 1 aromatic heterocycles. The largest absolute Gasteiger partial charge is 0.369 e. The lowest BCUT2D eigenvalue weighted by Crippen LogP contribution is -2.04. The van der Waals surface area contributed by atoms with Crippen LogP contribution in [0.3, 0.4) is 0 Å². The van der Waals surface area contributed by atoms with E-state index in [4.69, 9.17) is 5.73 Å². The summed E-state index contributed by atoms with van der Waals surface area (Å²) in [6.07, 6.45) is 3.07. The second-order valence-corrected chi connectivity index (χ2v) is 4.59. The third-order valence-corrected chi connectivity index (χ3v) is 3.17. The molecule has 86 valence electrons. The fourth-order valence-corrected chi connectivity index (χ4v) is 2.13. The topological polar surface area (TPSA) is 43.8 Å². The van der Waals surface area contributed by atoms with E-state index in [0.717, 1.165) is 29.8 Å². The van der Waals surface area contributed by atoms with Crippen LogP contribution in [-0.4, -0.2) is 21.6 Å². The van der Waals surface area contributed by atoms with Crippen LogP contribution in [0.15, 0.2) is 18.2 Å². The van der Waals surface area contributed by atoms with Crippen molar-refractivity contribution in [3.63, 3.8) is 0 Å². The van der Waals surface area contributed by atoms with Crippen LogP contribution in [0.2, 0.25) is 0 Å². The molecule has 0 saturated heterocycles. The van der Waals surface area contributed by atoms with Gasteiger partial charge in [-0.1, -0.05) is 0 Å². The highest BCUT2D eigenvalue weighted by atomic mass is 32.2. The van der Waals surface area contributed by atoms with E-state index in [0.29, 0.717) is 5.95 Å². The quantitative estimate of drug-likeness (QED) is 0.834. The molecule has 0 saturated carbocycles. The van der Waals surface area contributed by atoms with Gasteiger partial charge in [-0.3, -0.25) is 0 Å². The van der Waals surface area contributed by atoms with Crippen molar-refractivity contribution in [2.24, 2.45) is 0 Å². The molecule has 2 rings (SSSR count). The minimum Gasteiger partial charge on any atom is -0.369 e. The van der Waals surface area contributed by atoms with Gasteiger partial charge < -0.3 is 10.3 Å². The first-order valence-corrected chi connectivity index (χ1v) is 6.52. The van der Waals surface area contributed by atoms with Crippen LogP contribution in [0.25, 0.3) is 11.0 Å². The van der Waals surface area contributed by atoms with Gasteiger partial charge in [0.05, 0.1) is 11.0 Å². The Morgan fingerprint density at radius 3 is 3.06 bits per heavy atom. The van der Waals surface area contributed by atoms with Crippen molar-refractivity contribution < 1.29 is 4.39 Å². The van der Waals surface area contributed by atoms with Gasteiger partial charge in [-0.2, -0.15) is 11.8 Å². The Labute approximate surface area is 97.8 Å². The van der Waals surface area contributed by atoms with Crippen LogP contribution < -0.4 is 5.73 Å². The average Bonchev–Trinajstić information content (AvgIpc) is 2.56. The molecule has 16 heavy (non-hydrogen) atoms. The van der Waals surface area contributed by atoms with Crippen LogP contribution in [0.4, 0.5) is 10.3 Å². The predicted molar refractivity (Wildman–Crippen MR) is 67.1 cm³/mol. The lowest BCUT2D eigenvalue weighted by Gasteiger charge is -2.05. The lowest BCUT2D eigenvalue weighted by molar-refractivity contribution is 0.627. The molecular formula is C11H14FN3S. The van der Waals surface area contributed by atoms with Gasteiger partial charge in [-0.15, -0.1) is 0 Å². The Bertz CT molecular complexity index is 495. The zero-order chi connectivity index (χ0) is 11.5. The maximum atomic E-state index is 13.1. The van der Waals surface area contributed by atoms with Crippen LogP contribution in [0.5, 0.6) is 0 Å². The molecule has 5 heteroatoms. The minimum absolute atomic E-state index is 0.251. The number of hydrogen-bond donors (Lipinski definition) is 1. The van der Waals surface area contributed by atoms with Gasteiger partial charge >= 0.3 is 0 Å². The molecule has 2 aromatic rings. The summed E-state index contributed by atoms with van der Waals surface area (Å²) in [5, 5.41) is 0. The Hall–Kier alpha value is -1.23. The van der Waals surface area contributed by atoms with Crippen molar-refractivity contribution in [2.45, 2.75) is 13.0 Å². The number of thioether (sulfide) groups is 1. The van der Waals surface area contributed by atoms with Gasteiger partial charge in [0, 0.05) is 6.54 Å². The molecule has 2 N–H and O–H groups in total. The summed E-state index contributed by atoms with van der Waals surface area (Å²) in [5.74, 6) is 1.27. The number of imidazole rings is 1. The highest BCUT2D eigenvalue weighted by molar-refractivity contribution is 7.98. The molecule has 0 amide bonds. The van der Waals surface area contributed by atoms with Crippen molar-refractivity contribution in [1.82, 2.24) is 9.55 Å². The van der Waals surface area contributed by atoms with Gasteiger partial charge in [-0.05, 0) is 36.6 Å². The zero-order valence-electron chi connectivity index (χ0n) is 9.11. The summed E-state index contributed by atoms with van der Waals surface area (Å²) < 4.78 is 15.0. The third kappa shape index (κ3) is 2.14. The second kappa shape index (κ2) is 4.74. The first-order valence-electron chi connectivity index (χ1n) is 5.12. The molecular weight excluding hydrogens is 225 g/mol. The SMILES string of the molecule is CSCCCn1c(N)nc2ccc(F)cc21. The summed E-state index contributed by atoms with van der Waals surface area (Å²) in [6.45, 7) is 0.784. The maximum Gasteiger partial charge on any atom is 0.201 e. The fourth-order valence-electron chi connectivity index (χ4n) is 1.72. The number of aryl methyl sites for hydroxylation is 1. The van der Waals surface area contributed by atoms with Crippen molar-refractivity contribution >= 4 is 28.7 Å². The zero-order valence-corrected chi connectivity index (χ0v) is 9.93. The number of benzene rings is 1. The van der Waals surface area contributed by atoms with Crippen molar-refractivity contribution in [2.75, 3.05) is 17.7 Å². The smallest absolute Gasteiger partial charge is 0.201 e. The molecule has 0 spiro atoms. The minimum atomic E-state index is -0.251. The van der Waals surface area contributed by atoms with Gasteiger partial charge in [0.25, 0.3) is 0 Å². The van der Waals surface area contributed by atoms with Crippen LogP contribution in [-0.2, 0) is 6.54 Å². The molecule has 3 nitrogen and oxygen atoms in total. The molecule has 0 aliphatic heterocycles. The van der Waals surface area contributed by atoms with E-state index in [-0.39, 0.29) is 5.82 Å². The standard InChI is InChI=1S/C11H14FN3S/c1-16-6-2-5-15-10-7-8(12)3-4-9(10)14-11(15)13/h3-4,7H,2,5-6H2,1H3,(H2,13,14). The summed E-state index contributed by atoms with van der Waals surface area (Å²) in [6, 6.07) is 4.55. The Morgan fingerprint density at radius 1 is 1.50 bits per heavy atom. The van der Waals surface area contributed by atoms with Crippen LogP contribution in [0.1, 0.15) is 6.42 Å².